The summed E-state index contributed by atoms with van der Waals surface area (Å²) in [5.74, 6) is 3.38. The number of aromatic nitrogens is 2. The Hall–Kier alpha value is -4.01. The van der Waals surface area contributed by atoms with Crippen LogP contribution in [0, 0.1) is 0 Å². The molecule has 1 fully saturated rings. The maximum absolute atomic E-state index is 13.4. The fourth-order valence-electron chi connectivity index (χ4n) is 3.98. The largest absolute Gasteiger partial charge is 0.490 e. The van der Waals surface area contributed by atoms with E-state index in [0.29, 0.717) is 80.4 Å². The van der Waals surface area contributed by atoms with Crippen LogP contribution < -0.4 is 23.8 Å². The first kappa shape index (κ1) is 25.1. The van der Waals surface area contributed by atoms with Crippen molar-refractivity contribution in [2.45, 2.75) is 20.8 Å². The van der Waals surface area contributed by atoms with E-state index >= 15 is 0 Å². The van der Waals surface area contributed by atoms with E-state index < -0.39 is 0 Å². The predicted molar refractivity (Wildman–Crippen MR) is 137 cm³/mol. The van der Waals surface area contributed by atoms with Gasteiger partial charge in [-0.2, -0.15) is 0 Å². The Morgan fingerprint density at radius 2 is 1.44 bits per heavy atom. The van der Waals surface area contributed by atoms with Crippen molar-refractivity contribution in [3.8, 4) is 28.9 Å². The van der Waals surface area contributed by atoms with Crippen molar-refractivity contribution in [2.24, 2.45) is 0 Å². The van der Waals surface area contributed by atoms with Gasteiger partial charge in [0.2, 0.25) is 11.6 Å². The second-order valence-corrected chi connectivity index (χ2v) is 8.02. The molecular weight excluding hydrogens is 460 g/mol. The SMILES string of the molecule is CCOc1cc(C(=O)N2CCN(c3ccc(Oc4ccccc4)nn3)CC2)cc(OCC)c1OCC. The molecular formula is C27H32N4O5. The molecule has 0 N–H and O–H groups in total. The average molecular weight is 493 g/mol. The fraction of sp³-hybridized carbons (Fsp3) is 0.370. The van der Waals surface area contributed by atoms with Crippen LogP contribution in [-0.4, -0.2) is 67.0 Å². The maximum atomic E-state index is 13.4. The summed E-state index contributed by atoms with van der Waals surface area (Å²) < 4.78 is 23.0. The molecule has 1 aliphatic heterocycles. The molecule has 0 atom stereocenters. The quantitative estimate of drug-likeness (QED) is 0.411. The molecule has 9 heteroatoms. The first-order valence-corrected chi connectivity index (χ1v) is 12.3. The van der Waals surface area contributed by atoms with Gasteiger partial charge >= 0.3 is 0 Å². The summed E-state index contributed by atoms with van der Waals surface area (Å²) in [5.41, 5.74) is 0.515. The second-order valence-electron chi connectivity index (χ2n) is 8.02. The third kappa shape index (κ3) is 5.97. The molecule has 9 nitrogen and oxygen atoms in total. The molecule has 1 amide bonds. The van der Waals surface area contributed by atoms with Crippen molar-refractivity contribution in [2.75, 3.05) is 50.9 Å². The Balaban J connectivity index is 1.41. The van der Waals surface area contributed by atoms with E-state index in [1.807, 2.05) is 62.1 Å². The van der Waals surface area contributed by atoms with Gasteiger partial charge in [0.25, 0.3) is 5.91 Å². The molecule has 0 unspecified atom stereocenters. The van der Waals surface area contributed by atoms with Crippen LogP contribution in [-0.2, 0) is 0 Å². The maximum Gasteiger partial charge on any atom is 0.254 e. The van der Waals surface area contributed by atoms with E-state index in [9.17, 15) is 4.79 Å². The lowest BCUT2D eigenvalue weighted by molar-refractivity contribution is 0.0745. The molecule has 0 spiro atoms. The first-order chi connectivity index (χ1) is 17.6. The number of piperazine rings is 1. The van der Waals surface area contributed by atoms with Crippen molar-refractivity contribution in [3.05, 3.63) is 60.2 Å². The molecule has 190 valence electrons. The van der Waals surface area contributed by atoms with Gasteiger partial charge in [0.15, 0.2) is 17.3 Å². The molecule has 2 aromatic carbocycles. The van der Waals surface area contributed by atoms with Gasteiger partial charge < -0.3 is 28.7 Å². The van der Waals surface area contributed by atoms with Crippen LogP contribution in [0.2, 0.25) is 0 Å². The van der Waals surface area contributed by atoms with Crippen molar-refractivity contribution >= 4 is 11.7 Å². The summed E-state index contributed by atoms with van der Waals surface area (Å²) in [6, 6.07) is 16.6. The molecule has 2 heterocycles. The highest BCUT2D eigenvalue weighted by molar-refractivity contribution is 5.95. The van der Waals surface area contributed by atoms with Gasteiger partial charge in [0.05, 0.1) is 19.8 Å². The lowest BCUT2D eigenvalue weighted by atomic mass is 10.1. The lowest BCUT2D eigenvalue weighted by Gasteiger charge is -2.35. The molecule has 0 aliphatic carbocycles. The molecule has 1 saturated heterocycles. The van der Waals surface area contributed by atoms with E-state index in [1.165, 1.54) is 0 Å². The number of hydrogen-bond acceptors (Lipinski definition) is 8. The fourth-order valence-corrected chi connectivity index (χ4v) is 3.98. The number of hydrogen-bond donors (Lipinski definition) is 0. The van der Waals surface area contributed by atoms with Gasteiger partial charge in [-0.05, 0) is 51.1 Å². The molecule has 36 heavy (non-hydrogen) atoms. The van der Waals surface area contributed by atoms with E-state index in [-0.39, 0.29) is 5.91 Å². The Morgan fingerprint density at radius 1 is 0.806 bits per heavy atom. The van der Waals surface area contributed by atoms with Gasteiger partial charge in [-0.1, -0.05) is 18.2 Å². The number of amides is 1. The van der Waals surface area contributed by atoms with E-state index in [2.05, 4.69) is 15.1 Å². The van der Waals surface area contributed by atoms with E-state index in [4.69, 9.17) is 18.9 Å². The summed E-state index contributed by atoms with van der Waals surface area (Å²) >= 11 is 0. The van der Waals surface area contributed by atoms with Crippen molar-refractivity contribution in [1.82, 2.24) is 15.1 Å². The number of benzene rings is 2. The number of carbonyl (C=O) groups excluding carboxylic acids is 1. The Bertz CT molecular complexity index is 1110. The molecule has 0 saturated carbocycles. The Kier molecular flexibility index (Phi) is 8.44. The van der Waals surface area contributed by atoms with Gasteiger partial charge in [0.1, 0.15) is 5.75 Å². The normalized spacial score (nSPS) is 13.3. The number of nitrogens with zero attached hydrogens (tertiary/aromatic N) is 4. The Labute approximate surface area is 211 Å². The monoisotopic (exact) mass is 492 g/mol. The predicted octanol–water partition coefficient (Wildman–Crippen LogP) is 4.43. The highest BCUT2D eigenvalue weighted by Crippen LogP contribution is 2.39. The van der Waals surface area contributed by atoms with E-state index in [1.54, 1.807) is 18.2 Å². The third-order valence-corrected chi connectivity index (χ3v) is 5.64. The number of carbonyl (C=O) groups is 1. The summed E-state index contributed by atoms with van der Waals surface area (Å²) in [4.78, 5) is 17.3. The summed E-state index contributed by atoms with van der Waals surface area (Å²) in [5, 5.41) is 8.51. The third-order valence-electron chi connectivity index (χ3n) is 5.64. The summed E-state index contributed by atoms with van der Waals surface area (Å²) in [6.07, 6.45) is 0. The van der Waals surface area contributed by atoms with Gasteiger partial charge in [-0.15, -0.1) is 10.2 Å². The van der Waals surface area contributed by atoms with Crippen molar-refractivity contribution in [3.63, 3.8) is 0 Å². The summed E-state index contributed by atoms with van der Waals surface area (Å²) in [6.45, 7) is 9.49. The van der Waals surface area contributed by atoms with E-state index in [0.717, 1.165) is 5.82 Å². The number of para-hydroxylation sites is 1. The lowest BCUT2D eigenvalue weighted by Crippen LogP contribution is -2.49. The van der Waals surface area contributed by atoms with Crippen LogP contribution >= 0.6 is 0 Å². The molecule has 3 aromatic rings. The molecule has 0 bridgehead atoms. The van der Waals surface area contributed by atoms with Gasteiger partial charge in [-0.3, -0.25) is 4.79 Å². The minimum atomic E-state index is -0.0719. The number of anilines is 1. The van der Waals surface area contributed by atoms with Crippen molar-refractivity contribution in [1.29, 1.82) is 0 Å². The van der Waals surface area contributed by atoms with Crippen LogP contribution in [0.4, 0.5) is 5.82 Å². The first-order valence-electron chi connectivity index (χ1n) is 12.3. The van der Waals surface area contributed by atoms with Crippen LogP contribution in [0.25, 0.3) is 0 Å². The zero-order valence-corrected chi connectivity index (χ0v) is 21.0. The second kappa shape index (κ2) is 12.1. The number of rotatable bonds is 10. The molecule has 4 rings (SSSR count). The highest BCUT2D eigenvalue weighted by Gasteiger charge is 2.26. The highest BCUT2D eigenvalue weighted by atomic mass is 16.5. The van der Waals surface area contributed by atoms with Gasteiger partial charge in [-0.25, -0.2) is 0 Å². The zero-order chi connectivity index (χ0) is 25.3. The zero-order valence-electron chi connectivity index (χ0n) is 21.0. The minimum absolute atomic E-state index is 0.0719. The van der Waals surface area contributed by atoms with Crippen LogP contribution in [0.5, 0.6) is 28.9 Å². The van der Waals surface area contributed by atoms with Gasteiger partial charge in [0, 0.05) is 37.8 Å². The molecule has 1 aliphatic rings. The molecule has 0 radical (unpaired) electrons. The minimum Gasteiger partial charge on any atom is -0.490 e. The van der Waals surface area contributed by atoms with Crippen LogP contribution in [0.3, 0.4) is 0 Å². The standard InChI is InChI=1S/C27H32N4O5/c1-4-33-22-18-20(19-23(34-5-2)26(22)35-6-3)27(32)31-16-14-30(15-17-31)24-12-13-25(29-28-24)36-21-10-8-7-9-11-21/h7-13,18-19H,4-6,14-17H2,1-3H3. The number of ether oxygens (including phenoxy) is 4. The Morgan fingerprint density at radius 3 is 2.00 bits per heavy atom. The van der Waals surface area contributed by atoms with Crippen LogP contribution in [0.15, 0.2) is 54.6 Å². The van der Waals surface area contributed by atoms with Crippen LogP contribution in [0.1, 0.15) is 31.1 Å². The van der Waals surface area contributed by atoms with Crippen molar-refractivity contribution < 1.29 is 23.7 Å². The molecule has 1 aromatic heterocycles. The smallest absolute Gasteiger partial charge is 0.254 e. The summed E-state index contributed by atoms with van der Waals surface area (Å²) in [7, 11) is 0. The topological polar surface area (TPSA) is 86.3 Å². The average Bonchev–Trinajstić information content (AvgIpc) is 2.91.